The number of nitrogens with one attached hydrogen (secondary N) is 3. The fraction of sp³-hybridized carbons (Fsp3) is 0.167. The summed E-state index contributed by atoms with van der Waals surface area (Å²) >= 11 is 3.43. The van der Waals surface area contributed by atoms with Crippen molar-refractivity contribution in [3.8, 4) is 0 Å². The van der Waals surface area contributed by atoms with Crippen molar-refractivity contribution in [1.82, 2.24) is 15.0 Å². The maximum absolute atomic E-state index is 4.46. The molecule has 7 heteroatoms. The molecule has 1 heterocycles. The number of rotatable bonds is 6. The average Bonchev–Trinajstić information content (AvgIpc) is 2.57. The van der Waals surface area contributed by atoms with Gasteiger partial charge in [-0.25, -0.2) is 0 Å². The van der Waals surface area contributed by atoms with E-state index in [2.05, 4.69) is 46.8 Å². The molecule has 3 aromatic rings. The Kier molecular flexibility index (Phi) is 5.45. The van der Waals surface area contributed by atoms with E-state index in [1.54, 1.807) is 0 Å². The van der Waals surface area contributed by atoms with E-state index in [4.69, 9.17) is 0 Å². The Morgan fingerprint density at radius 1 is 0.720 bits per heavy atom. The highest BCUT2D eigenvalue weighted by Crippen LogP contribution is 2.20. The van der Waals surface area contributed by atoms with Crippen LogP contribution in [0.15, 0.2) is 59.1 Å². The third-order valence-electron chi connectivity index (χ3n) is 3.18. The fourth-order valence-electron chi connectivity index (χ4n) is 2.12. The topological polar surface area (TPSA) is 74.8 Å². The maximum atomic E-state index is 4.46. The number of hydrogen-bond donors (Lipinski definition) is 3. The second-order valence-corrected chi connectivity index (χ2v) is 6.64. The molecule has 0 saturated heterocycles. The molecule has 0 aliphatic carbocycles. The molecule has 3 rings (SSSR count). The monoisotopic (exact) mass is 398 g/mol. The molecular weight excluding hydrogens is 380 g/mol. The number of aromatic nitrogens is 3. The Labute approximate surface area is 155 Å². The molecule has 6 nitrogen and oxygen atoms in total. The molecule has 0 radical (unpaired) electrons. The van der Waals surface area contributed by atoms with Gasteiger partial charge in [-0.3, -0.25) is 0 Å². The van der Waals surface area contributed by atoms with Crippen LogP contribution in [0, 0.1) is 0 Å². The Hall–Kier alpha value is -2.67. The van der Waals surface area contributed by atoms with Crippen LogP contribution in [0.4, 0.5) is 29.2 Å². The van der Waals surface area contributed by atoms with Gasteiger partial charge in [0.05, 0.1) is 0 Å². The van der Waals surface area contributed by atoms with Gasteiger partial charge in [-0.1, -0.05) is 34.1 Å². The molecule has 2 aromatic carbocycles. The van der Waals surface area contributed by atoms with Crippen molar-refractivity contribution in [3.05, 3.63) is 59.1 Å². The predicted octanol–water partition coefficient (Wildman–Crippen LogP) is 4.94. The molecule has 0 aliphatic heterocycles. The molecule has 0 amide bonds. The van der Waals surface area contributed by atoms with Crippen LogP contribution in [0.3, 0.4) is 0 Å². The second kappa shape index (κ2) is 7.94. The van der Waals surface area contributed by atoms with E-state index in [-0.39, 0.29) is 6.04 Å². The van der Waals surface area contributed by atoms with Gasteiger partial charge < -0.3 is 16.0 Å². The quantitative estimate of drug-likeness (QED) is 0.545. The molecular formula is C18H19BrN6. The SMILES string of the molecule is CC(C)Nc1nc(Nc2ccccc2)nc(Nc2ccc(Br)cc2)n1. The number of hydrogen-bond acceptors (Lipinski definition) is 6. The molecule has 25 heavy (non-hydrogen) atoms. The predicted molar refractivity (Wildman–Crippen MR) is 106 cm³/mol. The zero-order valence-corrected chi connectivity index (χ0v) is 15.6. The first-order valence-electron chi connectivity index (χ1n) is 7.96. The van der Waals surface area contributed by atoms with Crippen LogP contribution in [-0.2, 0) is 0 Å². The molecule has 0 spiro atoms. The normalized spacial score (nSPS) is 10.6. The molecule has 128 valence electrons. The maximum Gasteiger partial charge on any atom is 0.233 e. The zero-order valence-electron chi connectivity index (χ0n) is 14.0. The lowest BCUT2D eigenvalue weighted by Crippen LogP contribution is -2.15. The van der Waals surface area contributed by atoms with E-state index in [1.165, 1.54) is 0 Å². The summed E-state index contributed by atoms with van der Waals surface area (Å²) in [5, 5.41) is 9.63. The van der Waals surface area contributed by atoms with Gasteiger partial charge in [-0.15, -0.1) is 0 Å². The minimum absolute atomic E-state index is 0.215. The van der Waals surface area contributed by atoms with Crippen LogP contribution in [0.5, 0.6) is 0 Å². The lowest BCUT2D eigenvalue weighted by molar-refractivity contribution is 0.869. The number of anilines is 5. The molecule has 3 N–H and O–H groups in total. The molecule has 1 aromatic heterocycles. The van der Waals surface area contributed by atoms with Gasteiger partial charge in [-0.2, -0.15) is 15.0 Å². The molecule has 0 bridgehead atoms. The third kappa shape index (κ3) is 5.15. The summed E-state index contributed by atoms with van der Waals surface area (Å²) in [6.45, 7) is 4.08. The molecule has 0 atom stereocenters. The van der Waals surface area contributed by atoms with Gasteiger partial charge in [0.1, 0.15) is 0 Å². The van der Waals surface area contributed by atoms with Crippen LogP contribution in [0.25, 0.3) is 0 Å². The van der Waals surface area contributed by atoms with E-state index >= 15 is 0 Å². The summed E-state index contributed by atoms with van der Waals surface area (Å²) in [5.74, 6) is 1.46. The van der Waals surface area contributed by atoms with Crippen molar-refractivity contribution < 1.29 is 0 Å². The molecule has 0 unspecified atom stereocenters. The summed E-state index contributed by atoms with van der Waals surface area (Å²) in [5.41, 5.74) is 1.81. The van der Waals surface area contributed by atoms with Crippen LogP contribution in [0.1, 0.15) is 13.8 Å². The second-order valence-electron chi connectivity index (χ2n) is 5.73. The van der Waals surface area contributed by atoms with Crippen molar-refractivity contribution in [1.29, 1.82) is 0 Å². The first-order valence-corrected chi connectivity index (χ1v) is 8.75. The standard InChI is InChI=1S/C18H19BrN6/c1-12(2)20-16-23-17(21-14-6-4-3-5-7-14)25-18(24-16)22-15-10-8-13(19)9-11-15/h3-12H,1-2H3,(H3,20,21,22,23,24,25). The van der Waals surface area contributed by atoms with Crippen molar-refractivity contribution in [2.75, 3.05) is 16.0 Å². The van der Waals surface area contributed by atoms with Crippen molar-refractivity contribution in [2.45, 2.75) is 19.9 Å². The van der Waals surface area contributed by atoms with Crippen molar-refractivity contribution in [2.24, 2.45) is 0 Å². The summed E-state index contributed by atoms with van der Waals surface area (Å²) in [4.78, 5) is 13.3. The zero-order chi connectivity index (χ0) is 17.6. The highest BCUT2D eigenvalue weighted by Gasteiger charge is 2.08. The lowest BCUT2D eigenvalue weighted by Gasteiger charge is -2.13. The van der Waals surface area contributed by atoms with Crippen LogP contribution >= 0.6 is 15.9 Å². The van der Waals surface area contributed by atoms with Crippen LogP contribution < -0.4 is 16.0 Å². The average molecular weight is 399 g/mol. The smallest absolute Gasteiger partial charge is 0.233 e. The summed E-state index contributed by atoms with van der Waals surface area (Å²) in [6.07, 6.45) is 0. The number of nitrogens with zero attached hydrogens (tertiary/aromatic N) is 3. The van der Waals surface area contributed by atoms with Crippen molar-refractivity contribution >= 4 is 45.1 Å². The van der Waals surface area contributed by atoms with E-state index in [9.17, 15) is 0 Å². The first kappa shape index (κ1) is 17.2. The Balaban J connectivity index is 1.87. The van der Waals surface area contributed by atoms with Crippen LogP contribution in [0.2, 0.25) is 0 Å². The number of para-hydroxylation sites is 1. The van der Waals surface area contributed by atoms with Gasteiger partial charge >= 0.3 is 0 Å². The minimum atomic E-state index is 0.215. The highest BCUT2D eigenvalue weighted by molar-refractivity contribution is 9.10. The molecule has 0 saturated carbocycles. The van der Waals surface area contributed by atoms with Crippen LogP contribution in [-0.4, -0.2) is 21.0 Å². The van der Waals surface area contributed by atoms with E-state index in [0.717, 1.165) is 15.8 Å². The minimum Gasteiger partial charge on any atom is -0.352 e. The van der Waals surface area contributed by atoms with Gasteiger partial charge in [0.2, 0.25) is 17.8 Å². The Morgan fingerprint density at radius 3 is 1.80 bits per heavy atom. The highest BCUT2D eigenvalue weighted by atomic mass is 79.9. The Morgan fingerprint density at radius 2 is 1.24 bits per heavy atom. The summed E-state index contributed by atoms with van der Waals surface area (Å²) in [7, 11) is 0. The largest absolute Gasteiger partial charge is 0.352 e. The third-order valence-corrected chi connectivity index (χ3v) is 3.71. The van der Waals surface area contributed by atoms with Gasteiger partial charge in [0, 0.05) is 21.9 Å². The summed E-state index contributed by atoms with van der Waals surface area (Å²) < 4.78 is 1.02. The van der Waals surface area contributed by atoms with Gasteiger partial charge in [-0.05, 0) is 50.2 Å². The molecule has 0 aliphatic rings. The van der Waals surface area contributed by atoms with Gasteiger partial charge in [0.15, 0.2) is 0 Å². The lowest BCUT2D eigenvalue weighted by atomic mass is 10.3. The van der Waals surface area contributed by atoms with Crippen molar-refractivity contribution in [3.63, 3.8) is 0 Å². The number of benzene rings is 2. The van der Waals surface area contributed by atoms with E-state index < -0.39 is 0 Å². The summed E-state index contributed by atoms with van der Waals surface area (Å²) in [6, 6.07) is 17.8. The first-order chi connectivity index (χ1) is 12.1. The van der Waals surface area contributed by atoms with Gasteiger partial charge in [0.25, 0.3) is 0 Å². The van der Waals surface area contributed by atoms with E-state index in [0.29, 0.717) is 17.8 Å². The van der Waals surface area contributed by atoms with E-state index in [1.807, 2.05) is 68.4 Å². The fourth-order valence-corrected chi connectivity index (χ4v) is 2.39. The number of halogens is 1. The Bertz CT molecular complexity index is 821. The molecule has 0 fully saturated rings.